The smallest absolute Gasteiger partial charge is 0.275 e. The lowest BCUT2D eigenvalue weighted by Gasteiger charge is -1.94. The number of hydrogen-bond acceptors (Lipinski definition) is 1. The Morgan fingerprint density at radius 3 is 2.71 bits per heavy atom. The first kappa shape index (κ1) is 9.51. The van der Waals surface area contributed by atoms with Crippen molar-refractivity contribution in [3.63, 3.8) is 0 Å². The van der Waals surface area contributed by atoms with Gasteiger partial charge in [-0.05, 0) is 28.1 Å². The van der Waals surface area contributed by atoms with Crippen molar-refractivity contribution in [1.29, 1.82) is 0 Å². The van der Waals surface area contributed by atoms with Crippen molar-refractivity contribution in [3.8, 4) is 0 Å². The lowest BCUT2D eigenvalue weighted by atomic mass is 10.5. The van der Waals surface area contributed by atoms with Gasteiger partial charge in [-0.3, -0.25) is 4.40 Å². The topological polar surface area (TPSA) is 17.3 Å². The summed E-state index contributed by atoms with van der Waals surface area (Å²) in [6.45, 7) is 0. The molecule has 0 aromatic carbocycles. The van der Waals surface area contributed by atoms with E-state index in [1.807, 2.05) is 0 Å². The lowest BCUT2D eigenvalue weighted by molar-refractivity contribution is 0.141. The van der Waals surface area contributed by atoms with Crippen LogP contribution in [0.15, 0.2) is 22.8 Å². The minimum atomic E-state index is -2.89. The van der Waals surface area contributed by atoms with Gasteiger partial charge < -0.3 is 0 Å². The van der Waals surface area contributed by atoms with Crippen LogP contribution in [0, 0.1) is 5.95 Å². The summed E-state index contributed by atoms with van der Waals surface area (Å²) in [6, 6.07) is 3.07. The zero-order valence-electron chi connectivity index (χ0n) is 6.72. The van der Waals surface area contributed by atoms with E-state index in [9.17, 15) is 13.2 Å². The van der Waals surface area contributed by atoms with Crippen molar-refractivity contribution in [2.75, 3.05) is 0 Å². The number of nitrogens with zero attached hydrogens (tertiary/aromatic N) is 2. The van der Waals surface area contributed by atoms with Crippen LogP contribution in [-0.2, 0) is 0 Å². The van der Waals surface area contributed by atoms with Gasteiger partial charge in [0.2, 0.25) is 5.95 Å². The monoisotopic (exact) mass is 264 g/mol. The predicted octanol–water partition coefficient (Wildman–Crippen LogP) is 3.17. The number of fused-ring (bicyclic) bond motifs is 1. The van der Waals surface area contributed by atoms with Gasteiger partial charge in [-0.2, -0.15) is 4.39 Å². The molecule has 0 aliphatic heterocycles. The quantitative estimate of drug-likeness (QED) is 0.774. The van der Waals surface area contributed by atoms with Crippen LogP contribution in [0.4, 0.5) is 13.2 Å². The minimum Gasteiger partial charge on any atom is -0.275 e. The third-order valence-electron chi connectivity index (χ3n) is 1.76. The van der Waals surface area contributed by atoms with Crippen molar-refractivity contribution in [3.05, 3.63) is 34.4 Å². The Kier molecular flexibility index (Phi) is 2.22. The molecular formula is C8H4BrF3N2. The molecule has 74 valence electrons. The van der Waals surface area contributed by atoms with Gasteiger partial charge in [-0.15, -0.1) is 0 Å². The molecular weight excluding hydrogens is 261 g/mol. The molecule has 2 rings (SSSR count). The molecule has 0 amide bonds. The van der Waals surface area contributed by atoms with Gasteiger partial charge in [0, 0.05) is 10.7 Å². The lowest BCUT2D eigenvalue weighted by Crippen LogP contribution is -1.91. The van der Waals surface area contributed by atoms with Gasteiger partial charge in [0.05, 0.1) is 0 Å². The number of rotatable bonds is 1. The number of aromatic nitrogens is 2. The van der Waals surface area contributed by atoms with E-state index in [1.165, 1.54) is 12.3 Å². The number of imidazole rings is 1. The molecule has 0 N–H and O–H groups in total. The Labute approximate surface area is 85.5 Å². The van der Waals surface area contributed by atoms with E-state index in [4.69, 9.17) is 0 Å². The molecule has 0 fully saturated rings. The van der Waals surface area contributed by atoms with E-state index in [2.05, 4.69) is 20.9 Å². The van der Waals surface area contributed by atoms with E-state index in [1.54, 1.807) is 6.07 Å². The summed E-state index contributed by atoms with van der Waals surface area (Å²) in [5, 5.41) is 0. The summed E-state index contributed by atoms with van der Waals surface area (Å²) in [5.74, 6) is -1.02. The largest absolute Gasteiger partial charge is 0.284 e. The van der Waals surface area contributed by atoms with E-state index in [-0.39, 0.29) is 5.65 Å². The fourth-order valence-corrected chi connectivity index (χ4v) is 1.48. The van der Waals surface area contributed by atoms with Crippen molar-refractivity contribution in [2.45, 2.75) is 6.43 Å². The maximum atomic E-state index is 13.3. The van der Waals surface area contributed by atoms with Crippen LogP contribution >= 0.6 is 15.9 Å². The molecule has 0 bridgehead atoms. The maximum absolute atomic E-state index is 13.3. The molecule has 0 radical (unpaired) electrons. The molecule has 0 unspecified atom stereocenters. The van der Waals surface area contributed by atoms with E-state index < -0.39 is 18.1 Å². The fraction of sp³-hybridized carbons (Fsp3) is 0.125. The molecule has 2 aromatic rings. The molecule has 0 saturated heterocycles. The summed E-state index contributed by atoms with van der Waals surface area (Å²) in [5.41, 5.74) is -0.649. The van der Waals surface area contributed by atoms with Crippen LogP contribution in [0.5, 0.6) is 0 Å². The molecule has 2 aromatic heterocycles. The van der Waals surface area contributed by atoms with Crippen LogP contribution in [0.1, 0.15) is 12.1 Å². The average Bonchev–Trinajstić information content (AvgIpc) is 2.44. The third kappa shape index (κ3) is 1.39. The Morgan fingerprint density at radius 1 is 1.36 bits per heavy atom. The molecule has 6 heteroatoms. The predicted molar refractivity (Wildman–Crippen MR) is 47.8 cm³/mol. The van der Waals surface area contributed by atoms with Crippen LogP contribution in [0.2, 0.25) is 0 Å². The second kappa shape index (κ2) is 3.27. The summed E-state index contributed by atoms with van der Waals surface area (Å²) >= 11 is 3.11. The highest BCUT2D eigenvalue weighted by Crippen LogP contribution is 2.23. The standard InChI is InChI=1S/C8H4BrF3N2/c9-4-1-2-5-13-6(7(10)11)8(12)14(5)3-4/h1-3,7H. The van der Waals surface area contributed by atoms with Gasteiger partial charge >= 0.3 is 0 Å². The molecule has 2 heterocycles. The minimum absolute atomic E-state index is 0.168. The first-order valence-corrected chi connectivity index (χ1v) is 4.50. The average molecular weight is 265 g/mol. The summed E-state index contributed by atoms with van der Waals surface area (Å²) in [7, 11) is 0. The molecule has 0 atom stereocenters. The van der Waals surface area contributed by atoms with Crippen LogP contribution in [0.25, 0.3) is 5.65 Å². The van der Waals surface area contributed by atoms with Crippen LogP contribution in [-0.4, -0.2) is 9.38 Å². The Bertz CT molecular complexity index is 481. The van der Waals surface area contributed by atoms with Crippen LogP contribution < -0.4 is 0 Å². The van der Waals surface area contributed by atoms with E-state index in [0.717, 1.165) is 4.40 Å². The zero-order valence-corrected chi connectivity index (χ0v) is 8.30. The molecule has 0 saturated carbocycles. The Balaban J connectivity index is 2.74. The molecule has 2 nitrogen and oxygen atoms in total. The van der Waals surface area contributed by atoms with Crippen molar-refractivity contribution >= 4 is 21.6 Å². The summed E-state index contributed by atoms with van der Waals surface area (Å²) in [6.07, 6.45) is -1.54. The first-order chi connectivity index (χ1) is 6.59. The van der Waals surface area contributed by atoms with Crippen molar-refractivity contribution < 1.29 is 13.2 Å². The van der Waals surface area contributed by atoms with Gasteiger partial charge in [-0.25, -0.2) is 13.8 Å². The Hall–Kier alpha value is -1.04. The van der Waals surface area contributed by atoms with Gasteiger partial charge in [0.1, 0.15) is 5.65 Å². The number of hydrogen-bond donors (Lipinski definition) is 0. The van der Waals surface area contributed by atoms with Gasteiger partial charge in [0.15, 0.2) is 5.69 Å². The van der Waals surface area contributed by atoms with Crippen LogP contribution in [0.3, 0.4) is 0 Å². The zero-order chi connectivity index (χ0) is 10.3. The fourth-order valence-electron chi connectivity index (χ4n) is 1.15. The normalized spacial score (nSPS) is 11.5. The van der Waals surface area contributed by atoms with Crippen molar-refractivity contribution in [1.82, 2.24) is 9.38 Å². The molecule has 0 spiro atoms. The highest BCUT2D eigenvalue weighted by molar-refractivity contribution is 9.10. The summed E-state index contributed by atoms with van der Waals surface area (Å²) in [4.78, 5) is 3.47. The Morgan fingerprint density at radius 2 is 2.07 bits per heavy atom. The third-order valence-corrected chi connectivity index (χ3v) is 2.22. The van der Waals surface area contributed by atoms with Crippen molar-refractivity contribution in [2.24, 2.45) is 0 Å². The van der Waals surface area contributed by atoms with Gasteiger partial charge in [-0.1, -0.05) is 0 Å². The SMILES string of the molecule is Fc1c(C(F)F)nc2ccc(Br)cn12. The number of halogens is 4. The second-order valence-electron chi connectivity index (χ2n) is 2.66. The highest BCUT2D eigenvalue weighted by atomic mass is 79.9. The summed E-state index contributed by atoms with van der Waals surface area (Å²) < 4.78 is 39.3. The van der Waals surface area contributed by atoms with E-state index in [0.29, 0.717) is 4.47 Å². The molecule has 0 aliphatic carbocycles. The van der Waals surface area contributed by atoms with E-state index >= 15 is 0 Å². The van der Waals surface area contributed by atoms with Gasteiger partial charge in [0.25, 0.3) is 6.43 Å². The number of alkyl halides is 2. The number of pyridine rings is 1. The molecule has 14 heavy (non-hydrogen) atoms. The molecule has 0 aliphatic rings. The second-order valence-corrected chi connectivity index (χ2v) is 3.58. The highest BCUT2D eigenvalue weighted by Gasteiger charge is 2.19. The first-order valence-electron chi connectivity index (χ1n) is 3.71. The maximum Gasteiger partial charge on any atom is 0.284 e.